The number of aryl methyl sites for hydroxylation is 1. The SMILES string of the molecule is COc1cc(C(=O)NC(C)c2cccs2)ccc1C. The summed E-state index contributed by atoms with van der Waals surface area (Å²) in [5.41, 5.74) is 1.64. The number of methoxy groups -OCH3 is 1. The number of benzene rings is 1. The van der Waals surface area contributed by atoms with Crippen LogP contribution in [0, 0.1) is 6.92 Å². The van der Waals surface area contributed by atoms with Crippen molar-refractivity contribution in [3.8, 4) is 5.75 Å². The van der Waals surface area contributed by atoms with E-state index in [1.54, 1.807) is 24.5 Å². The first-order chi connectivity index (χ1) is 9.11. The molecule has 1 heterocycles. The summed E-state index contributed by atoms with van der Waals surface area (Å²) in [5, 5.41) is 4.99. The molecule has 1 aromatic carbocycles. The predicted molar refractivity (Wildman–Crippen MR) is 77.9 cm³/mol. The first-order valence-corrected chi connectivity index (χ1v) is 6.98. The van der Waals surface area contributed by atoms with Crippen LogP contribution in [0.3, 0.4) is 0 Å². The molecule has 0 aliphatic carbocycles. The van der Waals surface area contributed by atoms with Crippen molar-refractivity contribution in [2.45, 2.75) is 19.9 Å². The van der Waals surface area contributed by atoms with Crippen LogP contribution in [0.1, 0.15) is 33.8 Å². The van der Waals surface area contributed by atoms with E-state index in [0.29, 0.717) is 5.56 Å². The number of hydrogen-bond donors (Lipinski definition) is 1. The van der Waals surface area contributed by atoms with Gasteiger partial charge in [0, 0.05) is 10.4 Å². The fourth-order valence-electron chi connectivity index (χ4n) is 1.85. The van der Waals surface area contributed by atoms with E-state index in [-0.39, 0.29) is 11.9 Å². The third kappa shape index (κ3) is 3.15. The summed E-state index contributed by atoms with van der Waals surface area (Å²) in [4.78, 5) is 13.3. The van der Waals surface area contributed by atoms with E-state index >= 15 is 0 Å². The summed E-state index contributed by atoms with van der Waals surface area (Å²) >= 11 is 1.64. The molecule has 19 heavy (non-hydrogen) atoms. The summed E-state index contributed by atoms with van der Waals surface area (Å²) < 4.78 is 5.24. The highest BCUT2D eigenvalue weighted by atomic mass is 32.1. The van der Waals surface area contributed by atoms with Crippen LogP contribution in [-0.2, 0) is 0 Å². The molecule has 0 spiro atoms. The molecule has 0 radical (unpaired) electrons. The molecule has 100 valence electrons. The van der Waals surface area contributed by atoms with Gasteiger partial charge in [-0.15, -0.1) is 11.3 Å². The molecule has 4 heteroatoms. The van der Waals surface area contributed by atoms with Crippen LogP contribution >= 0.6 is 11.3 Å². The molecule has 1 amide bonds. The summed E-state index contributed by atoms with van der Waals surface area (Å²) in [6.45, 7) is 3.93. The standard InChI is InChI=1S/C15H17NO2S/c1-10-6-7-12(9-13(10)18-3)15(17)16-11(2)14-5-4-8-19-14/h4-9,11H,1-3H3,(H,16,17). The van der Waals surface area contributed by atoms with E-state index in [2.05, 4.69) is 5.32 Å². The molecule has 0 bridgehead atoms. The Hall–Kier alpha value is -1.81. The summed E-state index contributed by atoms with van der Waals surface area (Å²) in [6.07, 6.45) is 0. The van der Waals surface area contributed by atoms with Gasteiger partial charge in [-0.05, 0) is 43.0 Å². The Morgan fingerprint density at radius 3 is 2.79 bits per heavy atom. The molecule has 1 N–H and O–H groups in total. The van der Waals surface area contributed by atoms with Crippen molar-refractivity contribution in [1.82, 2.24) is 5.32 Å². The van der Waals surface area contributed by atoms with E-state index in [0.717, 1.165) is 16.2 Å². The Morgan fingerprint density at radius 1 is 1.37 bits per heavy atom. The number of amides is 1. The number of nitrogens with one attached hydrogen (secondary N) is 1. The Labute approximate surface area is 117 Å². The van der Waals surface area contributed by atoms with Gasteiger partial charge in [-0.1, -0.05) is 12.1 Å². The summed E-state index contributed by atoms with van der Waals surface area (Å²) in [5.74, 6) is 0.649. The van der Waals surface area contributed by atoms with Gasteiger partial charge in [0.05, 0.1) is 13.2 Å². The van der Waals surface area contributed by atoms with Crippen LogP contribution in [0.15, 0.2) is 35.7 Å². The highest BCUT2D eigenvalue weighted by Gasteiger charge is 2.13. The lowest BCUT2D eigenvalue weighted by molar-refractivity contribution is 0.0940. The minimum Gasteiger partial charge on any atom is -0.496 e. The topological polar surface area (TPSA) is 38.3 Å². The van der Waals surface area contributed by atoms with Crippen LogP contribution in [0.2, 0.25) is 0 Å². The Bertz CT molecular complexity index is 564. The average molecular weight is 275 g/mol. The molecular formula is C15H17NO2S. The maximum Gasteiger partial charge on any atom is 0.251 e. The van der Waals surface area contributed by atoms with E-state index in [9.17, 15) is 4.79 Å². The highest BCUT2D eigenvalue weighted by molar-refractivity contribution is 7.10. The van der Waals surface area contributed by atoms with Crippen molar-refractivity contribution in [3.05, 3.63) is 51.7 Å². The van der Waals surface area contributed by atoms with Crippen molar-refractivity contribution in [2.24, 2.45) is 0 Å². The van der Waals surface area contributed by atoms with Gasteiger partial charge in [0.25, 0.3) is 5.91 Å². The van der Waals surface area contributed by atoms with Crippen LogP contribution in [-0.4, -0.2) is 13.0 Å². The average Bonchev–Trinajstić information content (AvgIpc) is 2.93. The van der Waals surface area contributed by atoms with Gasteiger partial charge in [-0.25, -0.2) is 0 Å². The molecule has 3 nitrogen and oxygen atoms in total. The van der Waals surface area contributed by atoms with Crippen LogP contribution in [0.25, 0.3) is 0 Å². The van der Waals surface area contributed by atoms with Crippen LogP contribution in [0.4, 0.5) is 0 Å². The van der Waals surface area contributed by atoms with E-state index in [1.807, 2.05) is 43.5 Å². The summed E-state index contributed by atoms with van der Waals surface area (Å²) in [7, 11) is 1.61. The Kier molecular flexibility index (Phi) is 4.22. The Balaban J connectivity index is 2.12. The monoisotopic (exact) mass is 275 g/mol. The van der Waals surface area contributed by atoms with Gasteiger partial charge in [0.15, 0.2) is 0 Å². The van der Waals surface area contributed by atoms with Crippen molar-refractivity contribution >= 4 is 17.2 Å². The van der Waals surface area contributed by atoms with Crippen molar-refractivity contribution in [2.75, 3.05) is 7.11 Å². The number of hydrogen-bond acceptors (Lipinski definition) is 3. The van der Waals surface area contributed by atoms with Gasteiger partial charge < -0.3 is 10.1 Å². The lowest BCUT2D eigenvalue weighted by Crippen LogP contribution is -2.26. The number of carbonyl (C=O) groups is 1. The highest BCUT2D eigenvalue weighted by Crippen LogP contribution is 2.21. The lowest BCUT2D eigenvalue weighted by Gasteiger charge is -2.13. The molecule has 1 unspecified atom stereocenters. The van der Waals surface area contributed by atoms with Crippen LogP contribution < -0.4 is 10.1 Å². The molecular weight excluding hydrogens is 258 g/mol. The number of thiophene rings is 1. The zero-order chi connectivity index (χ0) is 13.8. The van der Waals surface area contributed by atoms with Gasteiger partial charge in [-0.2, -0.15) is 0 Å². The molecule has 0 aliphatic heterocycles. The molecule has 0 fully saturated rings. The first kappa shape index (κ1) is 13.6. The van der Waals surface area contributed by atoms with Crippen molar-refractivity contribution < 1.29 is 9.53 Å². The van der Waals surface area contributed by atoms with Gasteiger partial charge in [0.2, 0.25) is 0 Å². The largest absolute Gasteiger partial charge is 0.496 e. The second-order valence-electron chi connectivity index (χ2n) is 4.39. The molecule has 1 atom stereocenters. The molecule has 2 rings (SSSR count). The van der Waals surface area contributed by atoms with E-state index in [1.165, 1.54) is 0 Å². The lowest BCUT2D eigenvalue weighted by atomic mass is 10.1. The van der Waals surface area contributed by atoms with Crippen molar-refractivity contribution in [1.29, 1.82) is 0 Å². The number of ether oxygens (including phenoxy) is 1. The molecule has 0 saturated heterocycles. The molecule has 0 aliphatic rings. The van der Waals surface area contributed by atoms with Crippen LogP contribution in [0.5, 0.6) is 5.75 Å². The third-order valence-corrected chi connectivity index (χ3v) is 4.04. The van der Waals surface area contributed by atoms with E-state index in [4.69, 9.17) is 4.74 Å². The zero-order valence-corrected chi connectivity index (χ0v) is 12.1. The van der Waals surface area contributed by atoms with E-state index < -0.39 is 0 Å². The quantitative estimate of drug-likeness (QED) is 0.926. The minimum absolute atomic E-state index is 0.0137. The summed E-state index contributed by atoms with van der Waals surface area (Å²) in [6, 6.07) is 9.49. The van der Waals surface area contributed by atoms with Gasteiger partial charge >= 0.3 is 0 Å². The van der Waals surface area contributed by atoms with Crippen molar-refractivity contribution in [3.63, 3.8) is 0 Å². The second kappa shape index (κ2) is 5.89. The number of carbonyl (C=O) groups excluding carboxylic acids is 1. The minimum atomic E-state index is -0.0841. The maximum atomic E-state index is 12.2. The maximum absolute atomic E-state index is 12.2. The fourth-order valence-corrected chi connectivity index (χ4v) is 2.58. The van der Waals surface area contributed by atoms with Gasteiger partial charge in [0.1, 0.15) is 5.75 Å². The molecule has 0 saturated carbocycles. The zero-order valence-electron chi connectivity index (χ0n) is 11.3. The normalized spacial score (nSPS) is 11.9. The predicted octanol–water partition coefficient (Wildman–Crippen LogP) is 3.56. The second-order valence-corrected chi connectivity index (χ2v) is 5.37. The Morgan fingerprint density at radius 2 is 2.16 bits per heavy atom. The molecule has 2 aromatic rings. The third-order valence-electron chi connectivity index (χ3n) is 2.99. The van der Waals surface area contributed by atoms with Gasteiger partial charge in [-0.3, -0.25) is 4.79 Å². The first-order valence-electron chi connectivity index (χ1n) is 6.10. The fraction of sp³-hybridized carbons (Fsp3) is 0.267. The molecule has 1 aromatic heterocycles. The number of rotatable bonds is 4. The smallest absolute Gasteiger partial charge is 0.251 e.